The monoisotopic (exact) mass is 282 g/mol. The van der Waals surface area contributed by atoms with Crippen LogP contribution in [-0.4, -0.2) is 0 Å². The Bertz CT molecular complexity index is 468. The molecule has 0 heterocycles. The lowest BCUT2D eigenvalue weighted by Gasteiger charge is -2.22. The Morgan fingerprint density at radius 1 is 1.10 bits per heavy atom. The molecule has 0 amide bonds. The van der Waals surface area contributed by atoms with Gasteiger partial charge in [0.1, 0.15) is 0 Å². The second kappa shape index (κ2) is 6.96. The molecule has 3 heteroatoms. The Hall–Kier alpha value is -1.25. The third-order valence-corrected chi connectivity index (χ3v) is 4.09. The van der Waals surface area contributed by atoms with Gasteiger partial charge in [-0.25, -0.2) is 13.2 Å². The topological polar surface area (TPSA) is 0 Å². The first-order valence-electron chi connectivity index (χ1n) is 7.45. The number of hydrogen-bond acceptors (Lipinski definition) is 0. The molecule has 0 saturated carbocycles. The van der Waals surface area contributed by atoms with E-state index in [1.165, 1.54) is 25.7 Å². The van der Waals surface area contributed by atoms with E-state index in [4.69, 9.17) is 0 Å². The van der Waals surface area contributed by atoms with Crippen molar-refractivity contribution in [1.82, 2.24) is 0 Å². The van der Waals surface area contributed by atoms with Crippen molar-refractivity contribution in [3.05, 3.63) is 41.2 Å². The van der Waals surface area contributed by atoms with Crippen molar-refractivity contribution in [2.45, 2.75) is 51.9 Å². The van der Waals surface area contributed by atoms with Crippen molar-refractivity contribution in [3.63, 3.8) is 0 Å². The highest BCUT2D eigenvalue weighted by Crippen LogP contribution is 2.33. The average molecular weight is 282 g/mol. The first kappa shape index (κ1) is 15.1. The minimum Gasteiger partial charge on any atom is -0.204 e. The van der Waals surface area contributed by atoms with Crippen molar-refractivity contribution in [3.8, 4) is 0 Å². The molecule has 0 saturated heterocycles. The van der Waals surface area contributed by atoms with Crippen LogP contribution < -0.4 is 0 Å². The molecule has 0 fully saturated rings. The molecule has 0 radical (unpaired) electrons. The van der Waals surface area contributed by atoms with Crippen LogP contribution in [0.15, 0.2) is 18.2 Å². The van der Waals surface area contributed by atoms with E-state index < -0.39 is 17.5 Å². The van der Waals surface area contributed by atoms with E-state index in [0.717, 1.165) is 37.0 Å². The lowest BCUT2D eigenvalue weighted by molar-refractivity contribution is 0.427. The quantitative estimate of drug-likeness (QED) is 0.468. The summed E-state index contributed by atoms with van der Waals surface area (Å²) in [5.74, 6) is -2.92. The molecule has 1 aliphatic rings. The van der Waals surface area contributed by atoms with Gasteiger partial charge in [-0.05, 0) is 48.4 Å². The molecule has 20 heavy (non-hydrogen) atoms. The van der Waals surface area contributed by atoms with Crippen LogP contribution >= 0.6 is 0 Å². The fraction of sp³-hybridized carbons (Fsp3) is 0.529. The van der Waals surface area contributed by atoms with Crippen LogP contribution in [0.5, 0.6) is 0 Å². The largest absolute Gasteiger partial charge is 0.204 e. The summed E-state index contributed by atoms with van der Waals surface area (Å²) >= 11 is 0. The minimum absolute atomic E-state index is 0.480. The maximum atomic E-state index is 13.2. The van der Waals surface area contributed by atoms with Crippen molar-refractivity contribution in [2.75, 3.05) is 0 Å². The van der Waals surface area contributed by atoms with Crippen LogP contribution in [0.25, 0.3) is 5.57 Å². The highest BCUT2D eigenvalue weighted by atomic mass is 19.2. The van der Waals surface area contributed by atoms with E-state index in [-0.39, 0.29) is 0 Å². The third-order valence-electron chi connectivity index (χ3n) is 4.09. The SMILES string of the molecule is CCCCCC1CC=C(c2cc(F)c(F)c(F)c2)CC1. The Labute approximate surface area is 118 Å². The molecule has 0 bridgehead atoms. The second-order valence-electron chi connectivity index (χ2n) is 5.62. The Balaban J connectivity index is 2.01. The number of hydrogen-bond donors (Lipinski definition) is 0. The maximum absolute atomic E-state index is 13.2. The highest BCUT2D eigenvalue weighted by Gasteiger charge is 2.18. The third kappa shape index (κ3) is 3.65. The van der Waals surface area contributed by atoms with Crippen molar-refractivity contribution in [2.24, 2.45) is 5.92 Å². The molecule has 1 atom stereocenters. The summed E-state index contributed by atoms with van der Waals surface area (Å²) in [7, 11) is 0. The van der Waals surface area contributed by atoms with Gasteiger partial charge in [-0.1, -0.05) is 38.7 Å². The van der Waals surface area contributed by atoms with Gasteiger partial charge in [0.15, 0.2) is 17.5 Å². The summed E-state index contributed by atoms with van der Waals surface area (Å²) < 4.78 is 39.4. The number of rotatable bonds is 5. The van der Waals surface area contributed by atoms with Crippen molar-refractivity contribution in [1.29, 1.82) is 0 Å². The zero-order valence-corrected chi connectivity index (χ0v) is 11.9. The lowest BCUT2D eigenvalue weighted by atomic mass is 9.84. The van der Waals surface area contributed by atoms with Crippen LogP contribution in [0.2, 0.25) is 0 Å². The van der Waals surface area contributed by atoms with Crippen LogP contribution in [0.3, 0.4) is 0 Å². The van der Waals surface area contributed by atoms with Gasteiger partial charge in [0.25, 0.3) is 0 Å². The molecule has 1 aromatic carbocycles. The van der Waals surface area contributed by atoms with E-state index in [0.29, 0.717) is 11.5 Å². The van der Waals surface area contributed by atoms with E-state index in [1.807, 2.05) is 0 Å². The van der Waals surface area contributed by atoms with Crippen LogP contribution in [-0.2, 0) is 0 Å². The molecule has 0 nitrogen and oxygen atoms in total. The van der Waals surface area contributed by atoms with Gasteiger partial charge >= 0.3 is 0 Å². The Kier molecular flexibility index (Phi) is 5.27. The summed E-state index contributed by atoms with van der Waals surface area (Å²) in [4.78, 5) is 0. The van der Waals surface area contributed by atoms with E-state index in [1.54, 1.807) is 0 Å². The molecule has 1 aliphatic carbocycles. The van der Waals surface area contributed by atoms with E-state index >= 15 is 0 Å². The number of halogens is 3. The molecule has 2 rings (SSSR count). The van der Waals surface area contributed by atoms with Crippen molar-refractivity contribution < 1.29 is 13.2 Å². The van der Waals surface area contributed by atoms with Gasteiger partial charge < -0.3 is 0 Å². The molecule has 1 aromatic rings. The van der Waals surface area contributed by atoms with Crippen molar-refractivity contribution >= 4 is 5.57 Å². The van der Waals surface area contributed by atoms with Gasteiger partial charge in [-0.15, -0.1) is 0 Å². The van der Waals surface area contributed by atoms with Gasteiger partial charge in [0.05, 0.1) is 0 Å². The van der Waals surface area contributed by atoms with Gasteiger partial charge in [0.2, 0.25) is 0 Å². The Morgan fingerprint density at radius 2 is 1.80 bits per heavy atom. The summed E-state index contributed by atoms with van der Waals surface area (Å²) in [6.07, 6.45) is 9.86. The molecule has 0 N–H and O–H groups in total. The molecular formula is C17H21F3. The van der Waals surface area contributed by atoms with Crippen LogP contribution in [0.1, 0.15) is 57.4 Å². The van der Waals surface area contributed by atoms with Gasteiger partial charge in [-0.3, -0.25) is 0 Å². The normalized spacial score (nSPS) is 19.0. The predicted molar refractivity (Wildman–Crippen MR) is 75.8 cm³/mol. The minimum atomic E-state index is -1.39. The van der Waals surface area contributed by atoms with Crippen LogP contribution in [0, 0.1) is 23.4 Å². The molecular weight excluding hydrogens is 261 g/mol. The number of benzene rings is 1. The maximum Gasteiger partial charge on any atom is 0.194 e. The van der Waals surface area contributed by atoms with E-state index in [2.05, 4.69) is 13.0 Å². The highest BCUT2D eigenvalue weighted by molar-refractivity contribution is 5.66. The van der Waals surface area contributed by atoms with Gasteiger partial charge in [0, 0.05) is 0 Å². The summed E-state index contributed by atoms with van der Waals surface area (Å²) in [6.45, 7) is 2.19. The fourth-order valence-electron chi connectivity index (χ4n) is 2.84. The fourth-order valence-corrected chi connectivity index (χ4v) is 2.84. The zero-order valence-electron chi connectivity index (χ0n) is 11.9. The summed E-state index contributed by atoms with van der Waals surface area (Å²) in [5, 5.41) is 0. The first-order chi connectivity index (χ1) is 9.61. The lowest BCUT2D eigenvalue weighted by Crippen LogP contribution is -2.06. The molecule has 0 spiro atoms. The Morgan fingerprint density at radius 3 is 2.35 bits per heavy atom. The van der Waals surface area contributed by atoms with E-state index in [9.17, 15) is 13.2 Å². The number of unbranched alkanes of at least 4 members (excludes halogenated alkanes) is 2. The molecule has 0 aliphatic heterocycles. The van der Waals surface area contributed by atoms with Crippen LogP contribution in [0.4, 0.5) is 13.2 Å². The van der Waals surface area contributed by atoms with Gasteiger partial charge in [-0.2, -0.15) is 0 Å². The smallest absolute Gasteiger partial charge is 0.194 e. The molecule has 110 valence electrons. The predicted octanol–water partition coefficient (Wildman–Crippen LogP) is 5.87. The standard InChI is InChI=1S/C17H21F3/c1-2-3-4-5-12-6-8-13(9-7-12)14-10-15(18)17(20)16(19)11-14/h8,10-12H,2-7,9H2,1H3. The first-order valence-corrected chi connectivity index (χ1v) is 7.45. The molecule has 0 aromatic heterocycles. The second-order valence-corrected chi connectivity index (χ2v) is 5.62. The number of allylic oxidation sites excluding steroid dienone is 2. The zero-order chi connectivity index (χ0) is 14.5. The average Bonchev–Trinajstić information content (AvgIpc) is 2.45. The summed E-state index contributed by atoms with van der Waals surface area (Å²) in [6, 6.07) is 2.20. The molecule has 1 unspecified atom stereocenters. The summed E-state index contributed by atoms with van der Waals surface area (Å²) in [5.41, 5.74) is 1.42.